The standard InChI is InChI=1S/C25H35NO4/c1-5-30-21-13-11-20(12-14-21)26(24(27)19-9-6-17(2)7-10-19)23-15-8-18(3)16-22(23)25(28)29-4/h5,8,15-17,19-21H,1,6-7,9-14H2,2-4H3/t17-,19-,20-,21-. The van der Waals surface area contributed by atoms with Gasteiger partial charge in [0.1, 0.15) is 0 Å². The average molecular weight is 414 g/mol. The number of aryl methyl sites for hydroxylation is 1. The van der Waals surface area contributed by atoms with Crippen LogP contribution >= 0.6 is 0 Å². The molecule has 2 fully saturated rings. The number of amides is 1. The quantitative estimate of drug-likeness (QED) is 0.462. The van der Waals surface area contributed by atoms with Gasteiger partial charge in [0.05, 0.1) is 30.7 Å². The molecule has 0 spiro atoms. The Hall–Kier alpha value is -2.30. The van der Waals surface area contributed by atoms with Gasteiger partial charge in [0.2, 0.25) is 5.91 Å². The second-order valence-electron chi connectivity index (χ2n) is 8.91. The van der Waals surface area contributed by atoms with Gasteiger partial charge in [0, 0.05) is 12.0 Å². The first-order valence-electron chi connectivity index (χ1n) is 11.2. The van der Waals surface area contributed by atoms with Crippen LogP contribution in [0.5, 0.6) is 0 Å². The summed E-state index contributed by atoms with van der Waals surface area (Å²) in [6.07, 6.45) is 9.13. The number of anilines is 1. The molecule has 30 heavy (non-hydrogen) atoms. The lowest BCUT2D eigenvalue weighted by molar-refractivity contribution is -0.124. The zero-order valence-electron chi connectivity index (χ0n) is 18.6. The summed E-state index contributed by atoms with van der Waals surface area (Å²) in [5, 5.41) is 0. The van der Waals surface area contributed by atoms with Gasteiger partial charge in [-0.15, -0.1) is 0 Å². The third-order valence-corrected chi connectivity index (χ3v) is 6.72. The molecule has 2 aliphatic rings. The summed E-state index contributed by atoms with van der Waals surface area (Å²) in [5.41, 5.74) is 2.13. The van der Waals surface area contributed by atoms with Crippen molar-refractivity contribution in [1.82, 2.24) is 0 Å². The molecular weight excluding hydrogens is 378 g/mol. The Morgan fingerprint density at radius 2 is 1.73 bits per heavy atom. The van der Waals surface area contributed by atoms with Crippen LogP contribution in [-0.2, 0) is 14.3 Å². The molecule has 0 saturated heterocycles. The van der Waals surface area contributed by atoms with Gasteiger partial charge in [-0.05, 0) is 76.3 Å². The van der Waals surface area contributed by atoms with Crippen molar-refractivity contribution in [2.24, 2.45) is 11.8 Å². The molecule has 5 nitrogen and oxygen atoms in total. The van der Waals surface area contributed by atoms with Crippen molar-refractivity contribution in [3.05, 3.63) is 42.2 Å². The van der Waals surface area contributed by atoms with Crippen LogP contribution in [0.15, 0.2) is 31.0 Å². The van der Waals surface area contributed by atoms with Crippen LogP contribution in [0.25, 0.3) is 0 Å². The number of esters is 1. The lowest BCUT2D eigenvalue weighted by Crippen LogP contribution is -2.47. The van der Waals surface area contributed by atoms with Gasteiger partial charge < -0.3 is 14.4 Å². The van der Waals surface area contributed by atoms with Crippen LogP contribution in [-0.4, -0.2) is 31.1 Å². The number of methoxy groups -OCH3 is 1. The van der Waals surface area contributed by atoms with E-state index in [-0.39, 0.29) is 24.0 Å². The van der Waals surface area contributed by atoms with E-state index in [0.29, 0.717) is 17.2 Å². The highest BCUT2D eigenvalue weighted by atomic mass is 16.5. The molecule has 1 aromatic carbocycles. The lowest BCUT2D eigenvalue weighted by Gasteiger charge is -2.40. The number of rotatable bonds is 6. The number of hydrogen-bond acceptors (Lipinski definition) is 4. The maximum atomic E-state index is 13.8. The van der Waals surface area contributed by atoms with Crippen LogP contribution < -0.4 is 4.90 Å². The van der Waals surface area contributed by atoms with E-state index in [0.717, 1.165) is 56.9 Å². The third-order valence-electron chi connectivity index (χ3n) is 6.72. The summed E-state index contributed by atoms with van der Waals surface area (Å²) in [6, 6.07) is 5.78. The predicted molar refractivity (Wildman–Crippen MR) is 118 cm³/mol. The van der Waals surface area contributed by atoms with E-state index < -0.39 is 5.97 Å². The summed E-state index contributed by atoms with van der Waals surface area (Å²) in [7, 11) is 1.39. The van der Waals surface area contributed by atoms with Crippen molar-refractivity contribution in [3.8, 4) is 0 Å². The molecule has 164 valence electrons. The van der Waals surface area contributed by atoms with Gasteiger partial charge in [-0.1, -0.05) is 25.1 Å². The van der Waals surface area contributed by atoms with Gasteiger partial charge in [-0.2, -0.15) is 0 Å². The fraction of sp³-hybridized carbons (Fsp3) is 0.600. The number of hydrogen-bond donors (Lipinski definition) is 0. The Labute approximate surface area is 180 Å². The minimum absolute atomic E-state index is 0.0233. The molecule has 0 heterocycles. The van der Waals surface area contributed by atoms with E-state index in [1.165, 1.54) is 13.4 Å². The molecule has 0 aromatic heterocycles. The predicted octanol–water partition coefficient (Wildman–Crippen LogP) is 5.41. The second kappa shape index (κ2) is 10.1. The van der Waals surface area contributed by atoms with E-state index in [9.17, 15) is 9.59 Å². The van der Waals surface area contributed by atoms with E-state index in [1.54, 1.807) is 0 Å². The average Bonchev–Trinajstić information content (AvgIpc) is 2.76. The smallest absolute Gasteiger partial charge is 0.339 e. The van der Waals surface area contributed by atoms with Crippen LogP contribution in [0.2, 0.25) is 0 Å². The highest BCUT2D eigenvalue weighted by molar-refractivity contribution is 6.03. The van der Waals surface area contributed by atoms with E-state index in [2.05, 4.69) is 13.5 Å². The molecule has 5 heteroatoms. The molecule has 2 aliphatic carbocycles. The van der Waals surface area contributed by atoms with Crippen molar-refractivity contribution in [2.75, 3.05) is 12.0 Å². The Morgan fingerprint density at radius 3 is 2.33 bits per heavy atom. The SMILES string of the molecule is C=CO[C@H]1CC[C@H](N(c2ccc(C)cc2C(=O)OC)C(=O)[C@H]2CC[C@H](C)CC2)CC1. The Balaban J connectivity index is 1.93. The molecule has 0 unspecified atom stereocenters. The first-order chi connectivity index (χ1) is 14.4. The number of carbonyl (C=O) groups excluding carboxylic acids is 2. The normalized spacial score (nSPS) is 26.5. The van der Waals surface area contributed by atoms with Gasteiger partial charge in [0.25, 0.3) is 0 Å². The minimum Gasteiger partial charge on any atom is -0.499 e. The van der Waals surface area contributed by atoms with Crippen molar-refractivity contribution in [1.29, 1.82) is 0 Å². The fourth-order valence-electron chi connectivity index (χ4n) is 4.91. The van der Waals surface area contributed by atoms with Crippen LogP contribution in [0.1, 0.15) is 74.2 Å². The van der Waals surface area contributed by atoms with Crippen molar-refractivity contribution in [2.45, 2.75) is 77.4 Å². The third kappa shape index (κ3) is 5.05. The molecule has 0 bridgehead atoms. The maximum Gasteiger partial charge on any atom is 0.339 e. The summed E-state index contributed by atoms with van der Waals surface area (Å²) in [6.45, 7) is 7.87. The molecule has 0 N–H and O–H groups in total. The molecule has 0 aliphatic heterocycles. The largest absolute Gasteiger partial charge is 0.499 e. The molecular formula is C25H35NO4. The monoisotopic (exact) mass is 413 g/mol. The number of nitrogens with zero attached hydrogens (tertiary/aromatic N) is 1. The summed E-state index contributed by atoms with van der Waals surface area (Å²) >= 11 is 0. The van der Waals surface area contributed by atoms with Crippen molar-refractivity contribution in [3.63, 3.8) is 0 Å². The number of carbonyl (C=O) groups is 2. The molecule has 0 radical (unpaired) electrons. The topological polar surface area (TPSA) is 55.8 Å². The van der Waals surface area contributed by atoms with Gasteiger partial charge >= 0.3 is 5.97 Å². The molecule has 0 atom stereocenters. The number of benzene rings is 1. The van der Waals surface area contributed by atoms with E-state index in [1.807, 2.05) is 30.0 Å². The molecule has 3 rings (SSSR count). The fourth-order valence-corrected chi connectivity index (χ4v) is 4.91. The van der Waals surface area contributed by atoms with E-state index >= 15 is 0 Å². The first-order valence-corrected chi connectivity index (χ1v) is 11.2. The first kappa shape index (κ1) is 22.4. The summed E-state index contributed by atoms with van der Waals surface area (Å²) < 4.78 is 10.6. The maximum absolute atomic E-state index is 13.8. The minimum atomic E-state index is -0.396. The van der Waals surface area contributed by atoms with Gasteiger partial charge in [0.15, 0.2) is 0 Å². The Bertz CT molecular complexity index is 758. The van der Waals surface area contributed by atoms with Gasteiger partial charge in [-0.3, -0.25) is 4.79 Å². The van der Waals surface area contributed by atoms with Crippen molar-refractivity contribution < 1.29 is 19.1 Å². The second-order valence-corrected chi connectivity index (χ2v) is 8.91. The molecule has 2 saturated carbocycles. The zero-order chi connectivity index (χ0) is 21.7. The van der Waals surface area contributed by atoms with E-state index in [4.69, 9.17) is 9.47 Å². The number of ether oxygens (including phenoxy) is 2. The van der Waals surface area contributed by atoms with Crippen molar-refractivity contribution >= 4 is 17.6 Å². The summed E-state index contributed by atoms with van der Waals surface area (Å²) in [5.74, 6) is 0.464. The van der Waals surface area contributed by atoms with Crippen LogP contribution in [0.3, 0.4) is 0 Å². The Morgan fingerprint density at radius 1 is 1.07 bits per heavy atom. The summed E-state index contributed by atoms with van der Waals surface area (Å²) in [4.78, 5) is 28.3. The zero-order valence-corrected chi connectivity index (χ0v) is 18.6. The highest BCUT2D eigenvalue weighted by Gasteiger charge is 2.36. The molecule has 1 amide bonds. The lowest BCUT2D eigenvalue weighted by atomic mass is 9.81. The van der Waals surface area contributed by atoms with Gasteiger partial charge in [-0.25, -0.2) is 4.79 Å². The Kier molecular flexibility index (Phi) is 7.57. The van der Waals surface area contributed by atoms with Crippen LogP contribution in [0.4, 0.5) is 5.69 Å². The highest BCUT2D eigenvalue weighted by Crippen LogP contribution is 2.36. The molecule has 1 aromatic rings. The van der Waals surface area contributed by atoms with Crippen LogP contribution in [0, 0.1) is 18.8 Å².